The number of nitro benzene ring substituents is 2. The van der Waals surface area contributed by atoms with E-state index < -0.39 is 15.7 Å². The summed E-state index contributed by atoms with van der Waals surface area (Å²) in [5.74, 6) is -0.110. The number of nitro groups is 2. The van der Waals surface area contributed by atoms with Gasteiger partial charge >= 0.3 is 11.4 Å². The zero-order chi connectivity index (χ0) is 30.5. The van der Waals surface area contributed by atoms with Gasteiger partial charge in [-0.2, -0.15) is 0 Å². The van der Waals surface area contributed by atoms with Gasteiger partial charge in [0.25, 0.3) is 0 Å². The highest BCUT2D eigenvalue weighted by Gasteiger charge is 2.22. The standard InChI is InChI=1S/C13H17N3O4.C7H6FNO3.C6H12N2O/c1-10(17)14-5-7-15(8-6-14)11-3-4-12(16(18)19)13(9-11)20-2;1-12-7-4-5(8)2-3-6(7)9(10)11;1-6(9)8-4-2-7-3-5-8/h3-4,9H,5-8H2,1-2H3;2-4H,1H3;7H,2-5H2,1H3. The largest absolute Gasteiger partial charge is 0.490 e. The second-order valence-electron chi connectivity index (χ2n) is 8.94. The van der Waals surface area contributed by atoms with Crippen molar-refractivity contribution < 1.29 is 33.3 Å². The molecule has 0 aliphatic carbocycles. The fraction of sp³-hybridized carbons (Fsp3) is 0.462. The van der Waals surface area contributed by atoms with E-state index >= 15 is 0 Å². The number of nitrogens with one attached hydrogen (secondary N) is 1. The summed E-state index contributed by atoms with van der Waals surface area (Å²) in [5, 5.41) is 24.3. The third-order valence-electron chi connectivity index (χ3n) is 6.35. The normalized spacial score (nSPS) is 14.5. The summed E-state index contributed by atoms with van der Waals surface area (Å²) in [6, 6.07) is 7.88. The monoisotopic (exact) mass is 578 g/mol. The van der Waals surface area contributed by atoms with E-state index in [4.69, 9.17) is 4.74 Å². The van der Waals surface area contributed by atoms with Crippen LogP contribution in [0.2, 0.25) is 0 Å². The molecule has 0 atom stereocenters. The van der Waals surface area contributed by atoms with Gasteiger partial charge in [0.2, 0.25) is 11.8 Å². The molecule has 2 saturated heterocycles. The number of amides is 2. The predicted octanol–water partition coefficient (Wildman–Crippen LogP) is 2.45. The highest BCUT2D eigenvalue weighted by atomic mass is 19.1. The molecule has 2 aromatic rings. The SMILES string of the molecule is CC(=O)N1CCNCC1.COc1cc(F)ccc1[N+](=O)[O-].COc1cc(N2CCN(C(C)=O)CC2)ccc1[N+](=O)[O-]. The van der Waals surface area contributed by atoms with Gasteiger partial charge in [0.05, 0.1) is 24.1 Å². The highest BCUT2D eigenvalue weighted by Crippen LogP contribution is 2.31. The molecule has 41 heavy (non-hydrogen) atoms. The third kappa shape index (κ3) is 9.86. The Balaban J connectivity index is 0.000000237. The van der Waals surface area contributed by atoms with Crippen LogP contribution in [0.15, 0.2) is 36.4 Å². The Labute approximate surface area is 236 Å². The number of carbonyl (C=O) groups is 2. The average molecular weight is 579 g/mol. The van der Waals surface area contributed by atoms with Crippen LogP contribution in [0.5, 0.6) is 11.5 Å². The van der Waals surface area contributed by atoms with Crippen LogP contribution in [-0.2, 0) is 9.59 Å². The summed E-state index contributed by atoms with van der Waals surface area (Å²) in [5.41, 5.74) is 0.591. The second-order valence-corrected chi connectivity index (χ2v) is 8.94. The molecule has 224 valence electrons. The number of benzene rings is 2. The molecule has 2 fully saturated rings. The van der Waals surface area contributed by atoms with E-state index in [-0.39, 0.29) is 34.7 Å². The van der Waals surface area contributed by atoms with Crippen molar-refractivity contribution in [2.75, 3.05) is 71.5 Å². The summed E-state index contributed by atoms with van der Waals surface area (Å²) in [6.45, 7) is 9.55. The van der Waals surface area contributed by atoms with Crippen LogP contribution in [0.25, 0.3) is 0 Å². The summed E-state index contributed by atoms with van der Waals surface area (Å²) < 4.78 is 22.2. The van der Waals surface area contributed by atoms with E-state index in [9.17, 15) is 34.2 Å². The molecule has 2 heterocycles. The minimum atomic E-state index is -0.627. The molecule has 15 heteroatoms. The number of methoxy groups -OCH3 is 2. The number of anilines is 1. The Morgan fingerprint density at radius 3 is 1.68 bits per heavy atom. The first-order chi connectivity index (χ1) is 19.5. The molecule has 0 aromatic heterocycles. The summed E-state index contributed by atoms with van der Waals surface area (Å²) >= 11 is 0. The van der Waals surface area contributed by atoms with Gasteiger partial charge in [-0.1, -0.05) is 0 Å². The van der Waals surface area contributed by atoms with Gasteiger partial charge in [-0.3, -0.25) is 29.8 Å². The van der Waals surface area contributed by atoms with E-state index in [1.165, 1.54) is 20.3 Å². The first kappa shape index (κ1) is 32.7. The number of carbonyl (C=O) groups excluding carboxylic acids is 2. The third-order valence-corrected chi connectivity index (χ3v) is 6.35. The Morgan fingerprint density at radius 1 is 0.780 bits per heavy atom. The van der Waals surface area contributed by atoms with Crippen molar-refractivity contribution in [1.82, 2.24) is 15.1 Å². The number of piperazine rings is 2. The maximum atomic E-state index is 12.5. The van der Waals surface area contributed by atoms with Gasteiger partial charge in [0, 0.05) is 96.2 Å². The van der Waals surface area contributed by atoms with Crippen LogP contribution in [0.1, 0.15) is 13.8 Å². The molecule has 4 rings (SSSR count). The van der Waals surface area contributed by atoms with Crippen molar-refractivity contribution in [2.45, 2.75) is 13.8 Å². The molecule has 2 aromatic carbocycles. The lowest BCUT2D eigenvalue weighted by molar-refractivity contribution is -0.385. The van der Waals surface area contributed by atoms with Crippen molar-refractivity contribution in [3.05, 3.63) is 62.4 Å². The topological polar surface area (TPSA) is 161 Å². The van der Waals surface area contributed by atoms with E-state index in [1.54, 1.807) is 30.9 Å². The zero-order valence-electron chi connectivity index (χ0n) is 23.5. The van der Waals surface area contributed by atoms with Crippen LogP contribution >= 0.6 is 0 Å². The predicted molar refractivity (Wildman–Crippen MR) is 149 cm³/mol. The smallest absolute Gasteiger partial charge is 0.311 e. The van der Waals surface area contributed by atoms with Gasteiger partial charge in [-0.05, 0) is 12.1 Å². The molecule has 2 amide bonds. The van der Waals surface area contributed by atoms with Gasteiger partial charge in [0.15, 0.2) is 11.5 Å². The molecule has 0 saturated carbocycles. The van der Waals surface area contributed by atoms with Crippen LogP contribution in [0, 0.1) is 26.0 Å². The van der Waals surface area contributed by atoms with Crippen molar-refractivity contribution >= 4 is 28.9 Å². The summed E-state index contributed by atoms with van der Waals surface area (Å²) in [7, 11) is 2.67. The summed E-state index contributed by atoms with van der Waals surface area (Å²) in [6.07, 6.45) is 0. The fourth-order valence-corrected chi connectivity index (χ4v) is 4.08. The number of hydrogen-bond acceptors (Lipinski definition) is 10. The first-order valence-electron chi connectivity index (χ1n) is 12.8. The minimum Gasteiger partial charge on any atom is -0.490 e. The van der Waals surface area contributed by atoms with Gasteiger partial charge in [-0.25, -0.2) is 4.39 Å². The molecule has 14 nitrogen and oxygen atoms in total. The molecule has 0 bridgehead atoms. The van der Waals surface area contributed by atoms with E-state index in [0.29, 0.717) is 26.2 Å². The fourth-order valence-electron chi connectivity index (χ4n) is 4.08. The van der Waals surface area contributed by atoms with Crippen LogP contribution < -0.4 is 19.7 Å². The summed E-state index contributed by atoms with van der Waals surface area (Å²) in [4.78, 5) is 47.8. The molecular formula is C26H35FN6O8. The quantitative estimate of drug-likeness (QED) is 0.412. The van der Waals surface area contributed by atoms with Crippen LogP contribution in [-0.4, -0.2) is 98.0 Å². The number of rotatable bonds is 5. The number of ether oxygens (including phenoxy) is 2. The van der Waals surface area contributed by atoms with Crippen molar-refractivity contribution in [3.63, 3.8) is 0 Å². The number of halogens is 1. The Kier molecular flexibility index (Phi) is 12.7. The molecule has 1 N–H and O–H groups in total. The Morgan fingerprint density at radius 2 is 1.24 bits per heavy atom. The van der Waals surface area contributed by atoms with Gasteiger partial charge in [0.1, 0.15) is 5.82 Å². The second kappa shape index (κ2) is 15.9. The Bertz CT molecular complexity index is 1220. The molecule has 2 aliphatic rings. The first-order valence-corrected chi connectivity index (χ1v) is 12.8. The van der Waals surface area contributed by atoms with E-state index in [2.05, 4.69) is 15.0 Å². The number of nitrogens with zero attached hydrogens (tertiary/aromatic N) is 5. The molecule has 0 radical (unpaired) electrons. The average Bonchev–Trinajstić information content (AvgIpc) is 2.97. The highest BCUT2D eigenvalue weighted by molar-refractivity contribution is 5.74. The zero-order valence-corrected chi connectivity index (χ0v) is 23.5. The van der Waals surface area contributed by atoms with E-state index in [0.717, 1.165) is 50.1 Å². The maximum absolute atomic E-state index is 12.5. The molecular weight excluding hydrogens is 543 g/mol. The molecule has 0 spiro atoms. The number of hydrogen-bond donors (Lipinski definition) is 1. The van der Waals surface area contributed by atoms with Crippen molar-refractivity contribution in [3.8, 4) is 11.5 Å². The lowest BCUT2D eigenvalue weighted by Crippen LogP contribution is -2.48. The van der Waals surface area contributed by atoms with Crippen LogP contribution in [0.4, 0.5) is 21.5 Å². The van der Waals surface area contributed by atoms with Crippen molar-refractivity contribution in [1.29, 1.82) is 0 Å². The van der Waals surface area contributed by atoms with Gasteiger partial charge in [-0.15, -0.1) is 0 Å². The molecule has 0 unspecified atom stereocenters. The van der Waals surface area contributed by atoms with E-state index in [1.807, 2.05) is 4.90 Å². The Hall–Kier alpha value is -4.53. The van der Waals surface area contributed by atoms with Crippen LogP contribution in [0.3, 0.4) is 0 Å². The lowest BCUT2D eigenvalue weighted by Gasteiger charge is -2.35. The van der Waals surface area contributed by atoms with Crippen molar-refractivity contribution in [2.24, 2.45) is 0 Å². The lowest BCUT2D eigenvalue weighted by atomic mass is 10.2. The minimum absolute atomic E-state index is 0.0429. The van der Waals surface area contributed by atoms with Gasteiger partial charge < -0.3 is 29.5 Å². The maximum Gasteiger partial charge on any atom is 0.311 e. The molecule has 2 aliphatic heterocycles.